The van der Waals surface area contributed by atoms with Gasteiger partial charge in [0.1, 0.15) is 0 Å². The zero-order chi connectivity index (χ0) is 12.3. The van der Waals surface area contributed by atoms with Gasteiger partial charge in [-0.05, 0) is 33.6 Å². The molecule has 0 aliphatic rings. The molecule has 1 aromatic carbocycles. The van der Waals surface area contributed by atoms with Crippen molar-refractivity contribution in [1.82, 2.24) is 0 Å². The summed E-state index contributed by atoms with van der Waals surface area (Å²) in [7, 11) is 0. The Morgan fingerprint density at radius 1 is 1.35 bits per heavy atom. The smallest absolute Gasteiger partial charge is 0.260 e. The number of halogens is 2. The summed E-state index contributed by atoms with van der Waals surface area (Å²) < 4.78 is 5.42. The van der Waals surface area contributed by atoms with Crippen molar-refractivity contribution >= 4 is 39.1 Å². The maximum absolute atomic E-state index is 11.9. The third-order valence-electron chi connectivity index (χ3n) is 2.27. The molecule has 0 radical (unpaired) electrons. The van der Waals surface area contributed by atoms with Gasteiger partial charge >= 0.3 is 0 Å². The zero-order valence-corrected chi connectivity index (χ0v) is 11.1. The van der Waals surface area contributed by atoms with Gasteiger partial charge in [0.15, 0.2) is 4.67 Å². The quantitative estimate of drug-likeness (QED) is 0.869. The Bertz CT molecular complexity index is 539. The van der Waals surface area contributed by atoms with Gasteiger partial charge in [0, 0.05) is 11.6 Å². The van der Waals surface area contributed by atoms with Crippen molar-refractivity contribution in [3.63, 3.8) is 0 Å². The highest BCUT2D eigenvalue weighted by molar-refractivity contribution is 9.10. The molecule has 0 spiro atoms. The summed E-state index contributed by atoms with van der Waals surface area (Å²) in [4.78, 5) is 11.9. The summed E-state index contributed by atoms with van der Waals surface area (Å²) in [5, 5.41) is 2.79. The number of carbonyl (C=O) groups excluding carboxylic acids is 1. The van der Waals surface area contributed by atoms with Crippen LogP contribution in [0.3, 0.4) is 0 Å². The average Bonchev–Trinajstić information content (AvgIpc) is 2.76. The van der Waals surface area contributed by atoms with Crippen molar-refractivity contribution in [2.45, 2.75) is 5.88 Å². The number of hydrogen-bond donors (Lipinski definition) is 1. The third kappa shape index (κ3) is 2.70. The molecular formula is C12H9BrClNO2. The highest BCUT2D eigenvalue weighted by Crippen LogP contribution is 2.21. The van der Waals surface area contributed by atoms with E-state index in [2.05, 4.69) is 21.2 Å². The normalized spacial score (nSPS) is 10.2. The van der Waals surface area contributed by atoms with Gasteiger partial charge in [-0.15, -0.1) is 11.6 Å². The molecule has 3 nitrogen and oxygen atoms in total. The first-order valence-corrected chi connectivity index (χ1v) is 6.23. The van der Waals surface area contributed by atoms with Crippen molar-refractivity contribution in [1.29, 1.82) is 0 Å². The molecule has 1 heterocycles. The fourth-order valence-electron chi connectivity index (χ4n) is 1.40. The minimum Gasteiger partial charge on any atom is -0.457 e. The molecule has 1 aromatic heterocycles. The van der Waals surface area contributed by atoms with Crippen LogP contribution >= 0.6 is 27.5 Å². The van der Waals surface area contributed by atoms with Gasteiger partial charge < -0.3 is 9.73 Å². The second kappa shape index (κ2) is 5.38. The molecule has 1 N–H and O–H groups in total. The molecule has 0 saturated carbocycles. The first-order valence-electron chi connectivity index (χ1n) is 4.90. The van der Waals surface area contributed by atoms with E-state index < -0.39 is 0 Å². The minimum absolute atomic E-state index is 0.233. The van der Waals surface area contributed by atoms with Crippen LogP contribution in [0.2, 0.25) is 0 Å². The van der Waals surface area contributed by atoms with E-state index in [1.54, 1.807) is 6.07 Å². The van der Waals surface area contributed by atoms with Gasteiger partial charge in [0.25, 0.3) is 5.91 Å². The molecular weight excluding hydrogens is 305 g/mol. The first kappa shape index (κ1) is 12.2. The van der Waals surface area contributed by atoms with E-state index in [4.69, 9.17) is 16.0 Å². The average molecular weight is 315 g/mol. The summed E-state index contributed by atoms with van der Waals surface area (Å²) in [5.41, 5.74) is 2.04. The number of rotatable bonds is 3. The predicted octanol–water partition coefficient (Wildman–Crippen LogP) is 4.03. The van der Waals surface area contributed by atoms with Crippen LogP contribution in [0.4, 0.5) is 5.69 Å². The maximum atomic E-state index is 11.9. The van der Waals surface area contributed by atoms with Gasteiger partial charge in [-0.25, -0.2) is 0 Å². The number of amides is 1. The molecule has 0 aliphatic heterocycles. The largest absolute Gasteiger partial charge is 0.457 e. The van der Waals surface area contributed by atoms with Crippen molar-refractivity contribution in [2.75, 3.05) is 5.32 Å². The lowest BCUT2D eigenvalue weighted by atomic mass is 10.2. The number of para-hydroxylation sites is 1. The molecule has 17 heavy (non-hydrogen) atoms. The number of alkyl halides is 1. The van der Waals surface area contributed by atoms with Crippen LogP contribution in [-0.4, -0.2) is 5.91 Å². The monoisotopic (exact) mass is 313 g/mol. The van der Waals surface area contributed by atoms with Gasteiger partial charge in [-0.1, -0.05) is 18.2 Å². The van der Waals surface area contributed by atoms with Crippen LogP contribution in [0.25, 0.3) is 0 Å². The van der Waals surface area contributed by atoms with Gasteiger partial charge in [-0.3, -0.25) is 4.79 Å². The summed E-state index contributed by atoms with van der Waals surface area (Å²) in [6, 6.07) is 9.00. The SMILES string of the molecule is O=C(Nc1ccccc1CCl)c1ccoc1Br. The standard InChI is InChI=1S/C12H9BrClNO2/c13-11-9(5-6-17-11)12(16)15-10-4-2-1-3-8(10)7-14/h1-6H,7H2,(H,15,16). The zero-order valence-electron chi connectivity index (χ0n) is 8.74. The minimum atomic E-state index is -0.233. The van der Waals surface area contributed by atoms with Crippen LogP contribution in [0.1, 0.15) is 15.9 Å². The molecule has 0 atom stereocenters. The van der Waals surface area contributed by atoms with Crippen LogP contribution in [-0.2, 0) is 5.88 Å². The van der Waals surface area contributed by atoms with Crippen LogP contribution in [0.5, 0.6) is 0 Å². The topological polar surface area (TPSA) is 42.2 Å². The van der Waals surface area contributed by atoms with Gasteiger partial charge in [0.05, 0.1) is 11.8 Å². The molecule has 0 unspecified atom stereocenters. The Kier molecular flexibility index (Phi) is 3.86. The lowest BCUT2D eigenvalue weighted by Gasteiger charge is -2.08. The Morgan fingerprint density at radius 2 is 2.12 bits per heavy atom. The molecule has 0 aliphatic carbocycles. The van der Waals surface area contributed by atoms with E-state index in [1.807, 2.05) is 24.3 Å². The molecule has 1 amide bonds. The summed E-state index contributed by atoms with van der Waals surface area (Å²) in [6.45, 7) is 0. The lowest BCUT2D eigenvalue weighted by Crippen LogP contribution is -2.12. The second-order valence-electron chi connectivity index (χ2n) is 3.35. The fraction of sp³-hybridized carbons (Fsp3) is 0.0833. The van der Waals surface area contributed by atoms with E-state index in [0.29, 0.717) is 21.8 Å². The van der Waals surface area contributed by atoms with E-state index >= 15 is 0 Å². The van der Waals surface area contributed by atoms with Gasteiger partial charge in [-0.2, -0.15) is 0 Å². The Balaban J connectivity index is 2.22. The number of anilines is 1. The number of nitrogens with one attached hydrogen (secondary N) is 1. The summed E-state index contributed by atoms with van der Waals surface area (Å²) >= 11 is 8.95. The van der Waals surface area contributed by atoms with Crippen LogP contribution < -0.4 is 5.32 Å². The van der Waals surface area contributed by atoms with E-state index in [9.17, 15) is 4.79 Å². The van der Waals surface area contributed by atoms with E-state index in [-0.39, 0.29) is 5.91 Å². The van der Waals surface area contributed by atoms with Crippen molar-refractivity contribution in [2.24, 2.45) is 0 Å². The molecule has 5 heteroatoms. The molecule has 88 valence electrons. The number of hydrogen-bond acceptors (Lipinski definition) is 2. The van der Waals surface area contributed by atoms with E-state index in [1.165, 1.54) is 6.26 Å². The lowest BCUT2D eigenvalue weighted by molar-refractivity contribution is 0.102. The summed E-state index contributed by atoms with van der Waals surface area (Å²) in [5.74, 6) is 0.117. The van der Waals surface area contributed by atoms with Gasteiger partial charge in [0.2, 0.25) is 0 Å². The number of benzene rings is 1. The highest BCUT2D eigenvalue weighted by Gasteiger charge is 2.13. The number of furan rings is 1. The summed E-state index contributed by atoms with van der Waals surface area (Å²) in [6.07, 6.45) is 1.45. The van der Waals surface area contributed by atoms with Crippen molar-refractivity contribution in [3.8, 4) is 0 Å². The van der Waals surface area contributed by atoms with Crippen molar-refractivity contribution in [3.05, 3.63) is 52.4 Å². The maximum Gasteiger partial charge on any atom is 0.260 e. The molecule has 0 fully saturated rings. The fourth-order valence-corrected chi connectivity index (χ4v) is 2.06. The van der Waals surface area contributed by atoms with Crippen LogP contribution in [0.15, 0.2) is 45.7 Å². The van der Waals surface area contributed by atoms with Crippen LogP contribution in [0, 0.1) is 0 Å². The van der Waals surface area contributed by atoms with E-state index in [0.717, 1.165) is 5.56 Å². The second-order valence-corrected chi connectivity index (χ2v) is 4.34. The van der Waals surface area contributed by atoms with Crippen molar-refractivity contribution < 1.29 is 9.21 Å². The number of carbonyl (C=O) groups is 1. The first-order chi connectivity index (χ1) is 8.22. The molecule has 2 aromatic rings. The Morgan fingerprint density at radius 3 is 2.76 bits per heavy atom. The molecule has 2 rings (SSSR count). The molecule has 0 bridgehead atoms. The highest BCUT2D eigenvalue weighted by atomic mass is 79.9. The predicted molar refractivity (Wildman–Crippen MR) is 70.4 cm³/mol. The third-order valence-corrected chi connectivity index (χ3v) is 3.17. The Labute approximate surface area is 112 Å². The molecule has 0 saturated heterocycles. The Hall–Kier alpha value is -1.26.